The van der Waals surface area contributed by atoms with Gasteiger partial charge in [-0.05, 0) is 12.0 Å². The zero-order valence-electron chi connectivity index (χ0n) is 11.5. The zero-order valence-corrected chi connectivity index (χ0v) is 11.5. The van der Waals surface area contributed by atoms with Gasteiger partial charge in [-0.25, -0.2) is 9.50 Å². The number of anilines is 1. The number of aromatic nitrogens is 3. The largest absolute Gasteiger partial charge is 0.394 e. The maximum atomic E-state index is 9.29. The van der Waals surface area contributed by atoms with E-state index in [1.165, 1.54) is 0 Å². The molecule has 0 fully saturated rings. The highest BCUT2D eigenvalue weighted by Crippen LogP contribution is 2.20. The normalized spacial score (nSPS) is 13.1. The maximum Gasteiger partial charge on any atom is 0.152 e. The Labute approximate surface area is 112 Å². The van der Waals surface area contributed by atoms with Crippen LogP contribution in [0.15, 0.2) is 18.5 Å². The predicted octanol–water partition coefficient (Wildman–Crippen LogP) is 1.27. The molecule has 2 aromatic rings. The van der Waals surface area contributed by atoms with Crippen LogP contribution in [0, 0.1) is 0 Å². The highest BCUT2D eigenvalue weighted by atomic mass is 16.5. The standard InChI is InChI=1S/C13H20N4O2/c1-9(2)11-6-12-13(14-4-5-17(12)16-11)15-10(7-18)8-19-3/h4-6,9-10,18H,7-8H2,1-3H3,(H,14,15). The van der Waals surface area contributed by atoms with Crippen LogP contribution >= 0.6 is 0 Å². The Kier molecular flexibility index (Phi) is 4.34. The van der Waals surface area contributed by atoms with E-state index in [4.69, 9.17) is 4.74 Å². The summed E-state index contributed by atoms with van der Waals surface area (Å²) in [5, 5.41) is 17.0. The van der Waals surface area contributed by atoms with Crippen LogP contribution in [0.5, 0.6) is 0 Å². The summed E-state index contributed by atoms with van der Waals surface area (Å²) in [5.74, 6) is 1.07. The molecule has 0 amide bonds. The monoisotopic (exact) mass is 264 g/mol. The van der Waals surface area contributed by atoms with Gasteiger partial charge in [0.25, 0.3) is 0 Å². The third-order valence-corrected chi connectivity index (χ3v) is 2.93. The van der Waals surface area contributed by atoms with E-state index >= 15 is 0 Å². The van der Waals surface area contributed by atoms with Crippen LogP contribution in [0.4, 0.5) is 5.82 Å². The van der Waals surface area contributed by atoms with E-state index in [1.54, 1.807) is 17.8 Å². The van der Waals surface area contributed by atoms with Gasteiger partial charge < -0.3 is 15.2 Å². The van der Waals surface area contributed by atoms with Gasteiger partial charge in [-0.2, -0.15) is 5.10 Å². The van der Waals surface area contributed by atoms with Gasteiger partial charge in [-0.1, -0.05) is 13.8 Å². The smallest absolute Gasteiger partial charge is 0.152 e. The van der Waals surface area contributed by atoms with Crippen molar-refractivity contribution in [1.29, 1.82) is 0 Å². The summed E-state index contributed by atoms with van der Waals surface area (Å²) in [6, 6.07) is 1.84. The minimum Gasteiger partial charge on any atom is -0.394 e. The molecule has 0 spiro atoms. The van der Waals surface area contributed by atoms with E-state index in [0.29, 0.717) is 18.3 Å². The fourth-order valence-corrected chi connectivity index (χ4v) is 1.87. The lowest BCUT2D eigenvalue weighted by Gasteiger charge is -2.16. The first-order valence-corrected chi connectivity index (χ1v) is 6.36. The summed E-state index contributed by atoms with van der Waals surface area (Å²) < 4.78 is 6.85. The number of ether oxygens (including phenoxy) is 1. The van der Waals surface area contributed by atoms with E-state index in [1.807, 2.05) is 12.3 Å². The molecule has 2 heterocycles. The van der Waals surface area contributed by atoms with Crippen molar-refractivity contribution >= 4 is 11.3 Å². The van der Waals surface area contributed by atoms with Crippen LogP contribution in [-0.2, 0) is 4.74 Å². The second kappa shape index (κ2) is 5.99. The summed E-state index contributed by atoms with van der Waals surface area (Å²) in [6.45, 7) is 4.61. The Morgan fingerprint density at radius 2 is 2.26 bits per heavy atom. The molecule has 0 aliphatic carbocycles. The molecule has 6 nitrogen and oxygen atoms in total. The first-order valence-electron chi connectivity index (χ1n) is 6.36. The SMILES string of the molecule is COCC(CO)Nc1nccn2nc(C(C)C)cc12. The average Bonchev–Trinajstić information content (AvgIpc) is 2.83. The van der Waals surface area contributed by atoms with Gasteiger partial charge in [-0.15, -0.1) is 0 Å². The van der Waals surface area contributed by atoms with Crippen molar-refractivity contribution in [2.24, 2.45) is 0 Å². The molecule has 0 aliphatic rings. The molecule has 0 bridgehead atoms. The molecule has 0 aromatic carbocycles. The first kappa shape index (κ1) is 13.8. The molecule has 6 heteroatoms. The first-order chi connectivity index (χ1) is 9.15. The van der Waals surface area contributed by atoms with Gasteiger partial charge >= 0.3 is 0 Å². The molecule has 0 saturated heterocycles. The minimum absolute atomic E-state index is 0.0122. The molecular formula is C13H20N4O2. The number of aliphatic hydroxyl groups is 1. The topological polar surface area (TPSA) is 71.7 Å². The molecule has 19 heavy (non-hydrogen) atoms. The van der Waals surface area contributed by atoms with Gasteiger partial charge in [0.15, 0.2) is 5.82 Å². The molecule has 104 valence electrons. The van der Waals surface area contributed by atoms with Crippen LogP contribution in [0.1, 0.15) is 25.5 Å². The fraction of sp³-hybridized carbons (Fsp3) is 0.538. The lowest BCUT2D eigenvalue weighted by atomic mass is 10.1. The highest BCUT2D eigenvalue weighted by molar-refractivity contribution is 5.68. The molecule has 2 rings (SSSR count). The molecule has 0 radical (unpaired) electrons. The molecule has 1 unspecified atom stereocenters. The van der Waals surface area contributed by atoms with Crippen molar-refractivity contribution in [2.75, 3.05) is 25.6 Å². The number of hydrogen-bond donors (Lipinski definition) is 2. The van der Waals surface area contributed by atoms with E-state index in [2.05, 4.69) is 29.2 Å². The van der Waals surface area contributed by atoms with E-state index < -0.39 is 0 Å². The van der Waals surface area contributed by atoms with Crippen molar-refractivity contribution in [2.45, 2.75) is 25.8 Å². The molecule has 0 aliphatic heterocycles. The molecule has 1 atom stereocenters. The summed E-state index contributed by atoms with van der Waals surface area (Å²) in [5.41, 5.74) is 1.92. The van der Waals surface area contributed by atoms with Crippen molar-refractivity contribution in [3.63, 3.8) is 0 Å². The maximum absolute atomic E-state index is 9.29. The third kappa shape index (κ3) is 3.02. The summed E-state index contributed by atoms with van der Waals surface area (Å²) in [4.78, 5) is 4.31. The van der Waals surface area contributed by atoms with Crippen molar-refractivity contribution in [3.8, 4) is 0 Å². The van der Waals surface area contributed by atoms with Crippen molar-refractivity contribution < 1.29 is 9.84 Å². The molecule has 2 aromatic heterocycles. The quantitative estimate of drug-likeness (QED) is 0.822. The van der Waals surface area contributed by atoms with Gasteiger partial charge in [0, 0.05) is 19.5 Å². The molecule has 2 N–H and O–H groups in total. The van der Waals surface area contributed by atoms with Crippen LogP contribution in [0.25, 0.3) is 5.52 Å². The Hall–Kier alpha value is -1.66. The summed E-state index contributed by atoms with van der Waals surface area (Å²) in [7, 11) is 1.61. The fourth-order valence-electron chi connectivity index (χ4n) is 1.87. The Balaban J connectivity index is 2.32. The number of nitrogens with one attached hydrogen (secondary N) is 1. The second-order valence-electron chi connectivity index (χ2n) is 4.81. The van der Waals surface area contributed by atoms with E-state index in [-0.39, 0.29) is 12.6 Å². The van der Waals surface area contributed by atoms with Crippen LogP contribution in [0.3, 0.4) is 0 Å². The predicted molar refractivity (Wildman–Crippen MR) is 73.4 cm³/mol. The number of methoxy groups -OCH3 is 1. The van der Waals surface area contributed by atoms with Crippen molar-refractivity contribution in [1.82, 2.24) is 14.6 Å². The lowest BCUT2D eigenvalue weighted by molar-refractivity contribution is 0.153. The van der Waals surface area contributed by atoms with Gasteiger partial charge in [0.1, 0.15) is 5.52 Å². The van der Waals surface area contributed by atoms with Crippen molar-refractivity contribution in [3.05, 3.63) is 24.2 Å². The number of fused-ring (bicyclic) bond motifs is 1. The Bertz CT molecular complexity index is 538. The highest BCUT2D eigenvalue weighted by Gasteiger charge is 2.13. The van der Waals surface area contributed by atoms with Crippen LogP contribution < -0.4 is 5.32 Å². The molecular weight excluding hydrogens is 244 g/mol. The molecule has 0 saturated carbocycles. The summed E-state index contributed by atoms with van der Waals surface area (Å²) in [6.07, 6.45) is 3.50. The van der Waals surface area contributed by atoms with E-state index in [0.717, 1.165) is 11.2 Å². The second-order valence-corrected chi connectivity index (χ2v) is 4.81. The lowest BCUT2D eigenvalue weighted by Crippen LogP contribution is -2.29. The Morgan fingerprint density at radius 3 is 2.89 bits per heavy atom. The average molecular weight is 264 g/mol. The summed E-state index contributed by atoms with van der Waals surface area (Å²) >= 11 is 0. The van der Waals surface area contributed by atoms with Crippen LogP contribution in [-0.4, -0.2) is 46.1 Å². The van der Waals surface area contributed by atoms with Gasteiger partial charge in [-0.3, -0.25) is 0 Å². The Morgan fingerprint density at radius 1 is 1.47 bits per heavy atom. The van der Waals surface area contributed by atoms with Crippen LogP contribution in [0.2, 0.25) is 0 Å². The zero-order chi connectivity index (χ0) is 13.8. The van der Waals surface area contributed by atoms with Gasteiger partial charge in [0.2, 0.25) is 0 Å². The number of rotatable bonds is 6. The van der Waals surface area contributed by atoms with Gasteiger partial charge in [0.05, 0.1) is 24.9 Å². The third-order valence-electron chi connectivity index (χ3n) is 2.93. The van der Waals surface area contributed by atoms with E-state index in [9.17, 15) is 5.11 Å². The minimum atomic E-state index is -0.180. The number of aliphatic hydroxyl groups excluding tert-OH is 1. The number of nitrogens with zero attached hydrogens (tertiary/aromatic N) is 3. The number of hydrogen-bond acceptors (Lipinski definition) is 5.